The normalized spacial score (nSPS) is 10.6. The van der Waals surface area contributed by atoms with E-state index in [2.05, 4.69) is 11.1 Å². The Morgan fingerprint density at radius 1 is 1.25 bits per heavy atom. The first-order chi connectivity index (χ1) is 9.67. The predicted octanol–water partition coefficient (Wildman–Crippen LogP) is 3.76. The van der Waals surface area contributed by atoms with Crippen LogP contribution in [0.2, 0.25) is 0 Å². The van der Waals surface area contributed by atoms with Crippen molar-refractivity contribution < 1.29 is 4.39 Å². The molecule has 3 nitrogen and oxygen atoms in total. The second-order valence-electron chi connectivity index (χ2n) is 4.49. The average Bonchev–Trinajstić information content (AvgIpc) is 2.74. The third-order valence-corrected chi connectivity index (χ3v) is 3.46. The molecule has 3 aromatic rings. The van der Waals surface area contributed by atoms with Crippen molar-refractivity contribution in [2.45, 2.75) is 6.54 Å². The fourth-order valence-electron chi connectivity index (χ4n) is 2.21. The van der Waals surface area contributed by atoms with E-state index >= 15 is 0 Å². The van der Waals surface area contributed by atoms with Crippen molar-refractivity contribution in [2.24, 2.45) is 0 Å². The molecule has 1 aromatic heterocycles. The first-order valence-corrected chi connectivity index (χ1v) is 6.45. The van der Waals surface area contributed by atoms with Crippen LogP contribution in [0.3, 0.4) is 0 Å². The van der Waals surface area contributed by atoms with E-state index < -0.39 is 0 Å². The molecule has 0 unspecified atom stereocenters. The molecule has 2 aromatic carbocycles. The lowest BCUT2D eigenvalue weighted by molar-refractivity contribution is 0.629. The number of fused-ring (bicyclic) bond motifs is 1. The number of nitrogens with one attached hydrogen (secondary N) is 1. The summed E-state index contributed by atoms with van der Waals surface area (Å²) in [6.07, 6.45) is 0. The number of benzene rings is 2. The zero-order valence-electron chi connectivity index (χ0n) is 10.4. The number of rotatable bonds is 2. The second kappa shape index (κ2) is 4.91. The van der Waals surface area contributed by atoms with Crippen molar-refractivity contribution in [3.8, 4) is 6.07 Å². The highest BCUT2D eigenvalue weighted by Gasteiger charge is 2.06. The molecule has 98 valence electrons. The zero-order valence-corrected chi connectivity index (χ0v) is 11.2. The molecule has 0 atom stereocenters. The van der Waals surface area contributed by atoms with Gasteiger partial charge < -0.3 is 9.55 Å². The summed E-state index contributed by atoms with van der Waals surface area (Å²) in [7, 11) is 0. The highest BCUT2D eigenvalue weighted by molar-refractivity contribution is 7.71. The van der Waals surface area contributed by atoms with Crippen molar-refractivity contribution in [2.75, 3.05) is 0 Å². The Morgan fingerprint density at radius 2 is 2.10 bits per heavy atom. The number of hydrogen-bond acceptors (Lipinski definition) is 2. The van der Waals surface area contributed by atoms with Crippen LogP contribution in [0.5, 0.6) is 0 Å². The van der Waals surface area contributed by atoms with Gasteiger partial charge in [-0.25, -0.2) is 4.39 Å². The molecular formula is C15H10FN3S. The van der Waals surface area contributed by atoms with E-state index in [1.54, 1.807) is 12.1 Å². The van der Waals surface area contributed by atoms with E-state index in [9.17, 15) is 4.39 Å². The zero-order chi connectivity index (χ0) is 14.1. The van der Waals surface area contributed by atoms with Crippen molar-refractivity contribution in [1.29, 1.82) is 5.26 Å². The van der Waals surface area contributed by atoms with E-state index in [4.69, 9.17) is 17.5 Å². The van der Waals surface area contributed by atoms with Gasteiger partial charge in [0.05, 0.1) is 29.2 Å². The Balaban J connectivity index is 2.09. The summed E-state index contributed by atoms with van der Waals surface area (Å²) in [5, 5.41) is 8.92. The lowest BCUT2D eigenvalue weighted by atomic mass is 10.1. The van der Waals surface area contributed by atoms with E-state index in [1.807, 2.05) is 22.8 Å². The minimum atomic E-state index is -0.299. The topological polar surface area (TPSA) is 44.5 Å². The lowest BCUT2D eigenvalue weighted by Crippen LogP contribution is -1.99. The molecule has 20 heavy (non-hydrogen) atoms. The van der Waals surface area contributed by atoms with Crippen LogP contribution < -0.4 is 0 Å². The third kappa shape index (κ3) is 2.22. The number of halogens is 1. The SMILES string of the molecule is N#Cc1cccc(Cn2c(=S)[nH]c3cc(F)ccc32)c1. The van der Waals surface area contributed by atoms with Gasteiger partial charge in [0.2, 0.25) is 0 Å². The first-order valence-electron chi connectivity index (χ1n) is 6.04. The van der Waals surface area contributed by atoms with Gasteiger partial charge in [-0.3, -0.25) is 0 Å². The van der Waals surface area contributed by atoms with Crippen molar-refractivity contribution in [3.63, 3.8) is 0 Å². The van der Waals surface area contributed by atoms with Gasteiger partial charge in [-0.15, -0.1) is 0 Å². The Labute approximate surface area is 119 Å². The molecule has 0 aliphatic rings. The molecule has 0 amide bonds. The molecule has 5 heteroatoms. The van der Waals surface area contributed by atoms with Crippen LogP contribution in [0.4, 0.5) is 4.39 Å². The smallest absolute Gasteiger partial charge is 0.178 e. The summed E-state index contributed by atoms with van der Waals surface area (Å²) < 4.78 is 15.6. The highest BCUT2D eigenvalue weighted by atomic mass is 32.1. The standard InChI is InChI=1S/C15H10FN3S/c16-12-4-5-14-13(7-12)18-15(20)19(14)9-11-3-1-2-10(6-11)8-17/h1-7H,9H2,(H,18,20). The van der Waals surface area contributed by atoms with Crippen LogP contribution in [0.25, 0.3) is 11.0 Å². The van der Waals surface area contributed by atoms with Gasteiger partial charge in [0.1, 0.15) is 5.82 Å². The maximum Gasteiger partial charge on any atom is 0.178 e. The van der Waals surface area contributed by atoms with Crippen LogP contribution in [0.1, 0.15) is 11.1 Å². The minimum absolute atomic E-state index is 0.299. The number of nitrogens with zero attached hydrogens (tertiary/aromatic N) is 2. The summed E-state index contributed by atoms with van der Waals surface area (Å²) in [5.74, 6) is -0.299. The van der Waals surface area contributed by atoms with Gasteiger partial charge in [-0.2, -0.15) is 5.26 Å². The van der Waals surface area contributed by atoms with E-state index in [1.165, 1.54) is 12.1 Å². The minimum Gasteiger partial charge on any atom is -0.330 e. The molecule has 0 saturated heterocycles. The summed E-state index contributed by atoms with van der Waals surface area (Å²) in [6, 6.07) is 14.0. The molecule has 0 aliphatic carbocycles. The molecule has 1 heterocycles. The number of aromatic nitrogens is 2. The van der Waals surface area contributed by atoms with E-state index in [0.29, 0.717) is 22.4 Å². The Bertz CT molecular complexity index is 886. The van der Waals surface area contributed by atoms with Crippen molar-refractivity contribution >= 4 is 23.3 Å². The summed E-state index contributed by atoms with van der Waals surface area (Å²) in [4.78, 5) is 2.99. The van der Waals surface area contributed by atoms with Crippen LogP contribution in [0.15, 0.2) is 42.5 Å². The van der Waals surface area contributed by atoms with Gasteiger partial charge in [0, 0.05) is 0 Å². The number of hydrogen-bond donors (Lipinski definition) is 1. The van der Waals surface area contributed by atoms with Gasteiger partial charge in [-0.1, -0.05) is 12.1 Å². The van der Waals surface area contributed by atoms with Crippen LogP contribution >= 0.6 is 12.2 Å². The molecule has 0 bridgehead atoms. The van der Waals surface area contributed by atoms with E-state index in [0.717, 1.165) is 11.1 Å². The van der Waals surface area contributed by atoms with Crippen molar-refractivity contribution in [3.05, 3.63) is 64.2 Å². The Hall–Kier alpha value is -2.45. The molecule has 0 spiro atoms. The van der Waals surface area contributed by atoms with E-state index in [-0.39, 0.29) is 5.82 Å². The fraction of sp³-hybridized carbons (Fsp3) is 0.0667. The molecule has 0 fully saturated rings. The Morgan fingerprint density at radius 3 is 2.90 bits per heavy atom. The lowest BCUT2D eigenvalue weighted by Gasteiger charge is -2.05. The molecule has 3 rings (SSSR count). The van der Waals surface area contributed by atoms with Gasteiger partial charge in [0.15, 0.2) is 4.77 Å². The maximum atomic E-state index is 13.2. The number of imidazole rings is 1. The first kappa shape index (κ1) is 12.6. The molecular weight excluding hydrogens is 273 g/mol. The molecule has 1 N–H and O–H groups in total. The van der Waals surface area contributed by atoms with Gasteiger partial charge >= 0.3 is 0 Å². The van der Waals surface area contributed by atoms with Crippen LogP contribution in [0, 0.1) is 21.9 Å². The monoisotopic (exact) mass is 283 g/mol. The fourth-order valence-corrected chi connectivity index (χ4v) is 2.49. The predicted molar refractivity (Wildman–Crippen MR) is 77.3 cm³/mol. The summed E-state index contributed by atoms with van der Waals surface area (Å²) in [5.41, 5.74) is 3.11. The molecule has 0 saturated carbocycles. The van der Waals surface area contributed by atoms with Crippen LogP contribution in [-0.2, 0) is 6.54 Å². The average molecular weight is 283 g/mol. The molecule has 0 aliphatic heterocycles. The number of aromatic amines is 1. The Kier molecular flexibility index (Phi) is 3.09. The quantitative estimate of drug-likeness (QED) is 0.728. The molecule has 0 radical (unpaired) electrons. The largest absolute Gasteiger partial charge is 0.330 e. The van der Waals surface area contributed by atoms with Gasteiger partial charge in [0.25, 0.3) is 0 Å². The summed E-state index contributed by atoms with van der Waals surface area (Å²) >= 11 is 5.28. The second-order valence-corrected chi connectivity index (χ2v) is 4.88. The van der Waals surface area contributed by atoms with Crippen LogP contribution in [-0.4, -0.2) is 9.55 Å². The number of H-pyrrole nitrogens is 1. The van der Waals surface area contributed by atoms with Crippen molar-refractivity contribution in [1.82, 2.24) is 9.55 Å². The number of nitriles is 1. The summed E-state index contributed by atoms with van der Waals surface area (Å²) in [6.45, 7) is 0.542. The highest BCUT2D eigenvalue weighted by Crippen LogP contribution is 2.17. The maximum absolute atomic E-state index is 13.2. The third-order valence-electron chi connectivity index (χ3n) is 3.13. The van der Waals surface area contributed by atoms with Gasteiger partial charge in [-0.05, 0) is 48.1 Å².